The van der Waals surface area contributed by atoms with Crippen LogP contribution in [-0.2, 0) is 16.1 Å². The number of amides is 3. The van der Waals surface area contributed by atoms with Crippen LogP contribution in [-0.4, -0.2) is 78.4 Å². The van der Waals surface area contributed by atoms with Crippen molar-refractivity contribution < 1.29 is 14.4 Å². The number of fused-ring (bicyclic) bond motifs is 1. The van der Waals surface area contributed by atoms with E-state index < -0.39 is 17.6 Å². The molecule has 0 saturated carbocycles. The largest absolute Gasteiger partial charge is 0.344 e. The lowest BCUT2D eigenvalue weighted by Gasteiger charge is -2.29. The third-order valence-corrected chi connectivity index (χ3v) is 6.07. The van der Waals surface area contributed by atoms with E-state index in [1.54, 1.807) is 30.5 Å². The average molecular weight is 487 g/mol. The van der Waals surface area contributed by atoms with Crippen LogP contribution in [0.3, 0.4) is 0 Å². The number of rotatable bonds is 3. The van der Waals surface area contributed by atoms with Crippen molar-refractivity contribution in [3.63, 3.8) is 0 Å². The summed E-state index contributed by atoms with van der Waals surface area (Å²) in [4.78, 5) is 64.3. The summed E-state index contributed by atoms with van der Waals surface area (Å²) >= 11 is 0. The van der Waals surface area contributed by atoms with E-state index in [2.05, 4.69) is 39.2 Å². The molecule has 0 fully saturated rings. The molecular formula is C23H34N8O4. The van der Waals surface area contributed by atoms with E-state index in [1.807, 2.05) is 0 Å². The van der Waals surface area contributed by atoms with E-state index in [1.165, 1.54) is 11.1 Å². The highest BCUT2D eigenvalue weighted by molar-refractivity contribution is 5.92. The molecule has 35 heavy (non-hydrogen) atoms. The number of carbonyl (C=O) groups is 3. The van der Waals surface area contributed by atoms with Gasteiger partial charge in [0, 0.05) is 32.8 Å². The van der Waals surface area contributed by atoms with Gasteiger partial charge in [-0.1, -0.05) is 13.8 Å². The molecule has 3 heterocycles. The number of carbonyl (C=O) groups excluding carboxylic acids is 3. The molecular weight excluding hydrogens is 452 g/mol. The smallest absolute Gasteiger partial charge is 0.274 e. The van der Waals surface area contributed by atoms with Crippen molar-refractivity contribution >= 4 is 17.7 Å². The van der Waals surface area contributed by atoms with Crippen LogP contribution in [0.1, 0.15) is 68.2 Å². The van der Waals surface area contributed by atoms with Crippen molar-refractivity contribution in [1.29, 1.82) is 0 Å². The van der Waals surface area contributed by atoms with Crippen LogP contribution in [0.15, 0.2) is 17.2 Å². The van der Waals surface area contributed by atoms with Gasteiger partial charge in [0.1, 0.15) is 23.4 Å². The van der Waals surface area contributed by atoms with Gasteiger partial charge in [0.25, 0.3) is 11.5 Å². The maximum absolute atomic E-state index is 13.2. The van der Waals surface area contributed by atoms with Gasteiger partial charge in [-0.3, -0.25) is 19.2 Å². The molecule has 0 saturated heterocycles. The lowest BCUT2D eigenvalue weighted by Crippen LogP contribution is -2.47. The van der Waals surface area contributed by atoms with Gasteiger partial charge in [0.2, 0.25) is 11.8 Å². The Morgan fingerprint density at radius 1 is 1.20 bits per heavy atom. The Kier molecular flexibility index (Phi) is 8.36. The van der Waals surface area contributed by atoms with E-state index in [0.29, 0.717) is 37.6 Å². The van der Waals surface area contributed by atoms with Crippen molar-refractivity contribution in [2.24, 2.45) is 5.92 Å². The van der Waals surface area contributed by atoms with Gasteiger partial charge in [-0.05, 0) is 32.6 Å². The Balaban J connectivity index is 1.96. The Labute approximate surface area is 204 Å². The number of H-pyrrole nitrogens is 1. The van der Waals surface area contributed by atoms with Crippen molar-refractivity contribution in [3.8, 4) is 0 Å². The van der Waals surface area contributed by atoms with E-state index in [-0.39, 0.29) is 42.3 Å². The normalized spacial score (nSPS) is 20.4. The van der Waals surface area contributed by atoms with E-state index in [0.717, 1.165) is 6.20 Å². The molecule has 2 aromatic rings. The second kappa shape index (κ2) is 11.2. The minimum atomic E-state index is -0.666. The van der Waals surface area contributed by atoms with Crippen molar-refractivity contribution in [1.82, 2.24) is 39.8 Å². The number of likely N-dealkylation sites (N-methyl/N-ethyl adjacent to an activating group) is 1. The zero-order valence-corrected chi connectivity index (χ0v) is 20.9. The number of nitrogens with zero attached hydrogens (tertiary/aromatic N) is 6. The number of hydrogen-bond acceptors (Lipinski definition) is 7. The van der Waals surface area contributed by atoms with Gasteiger partial charge in [-0.15, -0.1) is 0 Å². The molecule has 1 aliphatic heterocycles. The summed E-state index contributed by atoms with van der Waals surface area (Å²) in [7, 11) is 1.61. The topological polar surface area (TPSA) is 146 Å². The second-order valence-electron chi connectivity index (χ2n) is 9.30. The van der Waals surface area contributed by atoms with Crippen LogP contribution in [0.2, 0.25) is 0 Å². The predicted molar refractivity (Wildman–Crippen MR) is 127 cm³/mol. The Bertz CT molecular complexity index is 1100. The lowest BCUT2D eigenvalue weighted by atomic mass is 10.0. The van der Waals surface area contributed by atoms with Gasteiger partial charge in [-0.2, -0.15) is 5.10 Å². The summed E-state index contributed by atoms with van der Waals surface area (Å²) < 4.78 is 1.73. The van der Waals surface area contributed by atoms with Crippen LogP contribution in [0, 0.1) is 12.8 Å². The molecule has 0 bridgehead atoms. The number of hydrogen-bond donors (Lipinski definition) is 2. The van der Waals surface area contributed by atoms with Crippen LogP contribution in [0.25, 0.3) is 0 Å². The van der Waals surface area contributed by atoms with Gasteiger partial charge in [0.05, 0.1) is 18.8 Å². The minimum absolute atomic E-state index is 0.114. The summed E-state index contributed by atoms with van der Waals surface area (Å²) in [6.45, 7) is 8.53. The zero-order valence-electron chi connectivity index (χ0n) is 20.9. The first-order chi connectivity index (χ1) is 16.6. The van der Waals surface area contributed by atoms with Gasteiger partial charge in [-0.25, -0.2) is 14.6 Å². The SMILES string of the molecule is Cc1nc2n(n1)CCN(C(=O)c1c[nH]c(=O)cn1)CCCC(=O)N(C)[C@@H](C)C(=O)N[C@@H]2CC(C)C. The molecule has 0 unspecified atom stereocenters. The Hall–Kier alpha value is -3.57. The molecule has 190 valence electrons. The maximum Gasteiger partial charge on any atom is 0.274 e. The fourth-order valence-electron chi connectivity index (χ4n) is 4.03. The average Bonchev–Trinajstić information content (AvgIpc) is 3.19. The molecule has 2 N–H and O–H groups in total. The van der Waals surface area contributed by atoms with Crippen molar-refractivity contribution in [3.05, 3.63) is 40.1 Å². The molecule has 3 amide bonds. The van der Waals surface area contributed by atoms with E-state index in [4.69, 9.17) is 0 Å². The first-order valence-electron chi connectivity index (χ1n) is 11.9. The fourth-order valence-corrected chi connectivity index (χ4v) is 4.03. The number of aromatic nitrogens is 5. The van der Waals surface area contributed by atoms with Crippen LogP contribution < -0.4 is 10.9 Å². The number of nitrogens with one attached hydrogen (secondary N) is 2. The summed E-state index contributed by atoms with van der Waals surface area (Å²) in [5.74, 6) is 0.650. The van der Waals surface area contributed by atoms with Crippen molar-refractivity contribution in [2.45, 2.75) is 65.6 Å². The summed E-state index contributed by atoms with van der Waals surface area (Å²) in [6, 6.07) is -1.07. The Morgan fingerprint density at radius 3 is 2.60 bits per heavy atom. The highest BCUT2D eigenvalue weighted by atomic mass is 16.2. The Morgan fingerprint density at radius 2 is 1.94 bits per heavy atom. The van der Waals surface area contributed by atoms with Crippen LogP contribution in [0.5, 0.6) is 0 Å². The summed E-state index contributed by atoms with van der Waals surface area (Å²) in [6.07, 6.45) is 3.58. The quantitative estimate of drug-likeness (QED) is 0.648. The van der Waals surface area contributed by atoms with Gasteiger partial charge < -0.3 is 20.1 Å². The second-order valence-corrected chi connectivity index (χ2v) is 9.30. The first-order valence-corrected chi connectivity index (χ1v) is 11.9. The van der Waals surface area contributed by atoms with E-state index >= 15 is 0 Å². The predicted octanol–water partition coefficient (Wildman–Crippen LogP) is 0.656. The standard InChI is InChI=1S/C23H34N8O4/c1-14(2)11-17-21-26-16(4)28-31(21)10-9-30(23(35)18-12-25-19(32)13-24-18)8-6-7-20(33)29(5)15(3)22(34)27-17/h12-15,17H,6-11H2,1-5H3,(H,25,32)(H,27,34)/t15-,17+/m0/s1. The highest BCUT2D eigenvalue weighted by Crippen LogP contribution is 2.21. The summed E-state index contributed by atoms with van der Waals surface area (Å²) in [5, 5.41) is 7.57. The monoisotopic (exact) mass is 486 g/mol. The molecule has 1 aliphatic rings. The molecule has 3 rings (SSSR count). The number of aromatic amines is 1. The zero-order chi connectivity index (χ0) is 25.7. The minimum Gasteiger partial charge on any atom is -0.344 e. The maximum atomic E-state index is 13.2. The molecule has 2 atom stereocenters. The molecule has 0 aliphatic carbocycles. The third-order valence-electron chi connectivity index (χ3n) is 6.07. The van der Waals surface area contributed by atoms with Crippen LogP contribution in [0.4, 0.5) is 0 Å². The molecule has 2 aromatic heterocycles. The first kappa shape index (κ1) is 26.0. The molecule has 12 nitrogen and oxygen atoms in total. The highest BCUT2D eigenvalue weighted by Gasteiger charge is 2.29. The molecule has 0 spiro atoms. The molecule has 12 heteroatoms. The molecule has 0 radical (unpaired) electrons. The third kappa shape index (κ3) is 6.52. The van der Waals surface area contributed by atoms with Gasteiger partial charge >= 0.3 is 0 Å². The summed E-state index contributed by atoms with van der Waals surface area (Å²) in [5.41, 5.74) is -0.283. The lowest BCUT2D eigenvalue weighted by molar-refractivity contribution is -0.138. The van der Waals surface area contributed by atoms with E-state index in [9.17, 15) is 19.2 Å². The molecule has 0 aromatic carbocycles. The number of aryl methyl sites for hydroxylation is 1. The van der Waals surface area contributed by atoms with Crippen LogP contribution >= 0.6 is 0 Å². The van der Waals surface area contributed by atoms with Crippen molar-refractivity contribution in [2.75, 3.05) is 20.1 Å². The van der Waals surface area contributed by atoms with Gasteiger partial charge in [0.15, 0.2) is 0 Å². The fraction of sp³-hybridized carbons (Fsp3) is 0.609.